The van der Waals surface area contributed by atoms with Crippen LogP contribution in [0.2, 0.25) is 0 Å². The van der Waals surface area contributed by atoms with Crippen LogP contribution in [0.5, 0.6) is 0 Å². The van der Waals surface area contributed by atoms with Crippen LogP contribution >= 0.6 is 0 Å². The first-order valence-corrected chi connectivity index (χ1v) is 21.1. The third kappa shape index (κ3) is 38.4. The fourth-order valence-corrected chi connectivity index (χ4v) is 5.69. The number of carbonyl (C=O) groups excluding carboxylic acids is 3. The van der Waals surface area contributed by atoms with Crippen LogP contribution in [0.15, 0.2) is 48.6 Å². The molecule has 0 fully saturated rings. The lowest BCUT2D eigenvalue weighted by Crippen LogP contribution is -2.30. The van der Waals surface area contributed by atoms with Gasteiger partial charge in [0.15, 0.2) is 6.10 Å². The first-order valence-electron chi connectivity index (χ1n) is 21.1. The van der Waals surface area contributed by atoms with Crippen LogP contribution in [0, 0.1) is 0 Å². The maximum atomic E-state index is 12.6. The zero-order chi connectivity index (χ0) is 37.3. The molecule has 0 radical (unpaired) electrons. The SMILES string of the molecule is CC/C=C\C/C=C\C/C=C\C/C=C\CCC(=O)OCC(COC(=O)CCCCCCCCC)OC(=O)CCCCCCCCCCCCCCC. The van der Waals surface area contributed by atoms with Gasteiger partial charge in [0.25, 0.3) is 0 Å². The molecule has 0 aromatic rings. The number of unbranched alkanes of at least 4 members (excludes halogenated alkanes) is 18. The second kappa shape index (κ2) is 40.1. The monoisotopic (exact) mass is 715 g/mol. The standard InChI is InChI=1S/C45H78O6/c1-4-7-10-13-16-18-20-22-24-26-29-32-35-38-44(47)50-41-42(40-49-43(46)37-34-31-28-15-12-9-6-3)51-45(48)39-36-33-30-27-25-23-21-19-17-14-11-8-5-2/h7,10,16,18,22,24,29,32,42H,4-6,8-9,11-15,17,19-21,23,25-28,30-31,33-41H2,1-3H3/b10-7-,18-16-,24-22-,32-29-. The molecule has 0 rings (SSSR count). The Morgan fingerprint density at radius 2 is 0.765 bits per heavy atom. The van der Waals surface area contributed by atoms with Crippen molar-refractivity contribution < 1.29 is 28.6 Å². The van der Waals surface area contributed by atoms with Gasteiger partial charge in [-0.15, -0.1) is 0 Å². The molecule has 0 aromatic carbocycles. The average molecular weight is 715 g/mol. The Labute approximate surface area is 314 Å². The van der Waals surface area contributed by atoms with Crippen molar-refractivity contribution in [3.05, 3.63) is 48.6 Å². The van der Waals surface area contributed by atoms with Gasteiger partial charge >= 0.3 is 17.9 Å². The van der Waals surface area contributed by atoms with E-state index in [0.717, 1.165) is 64.2 Å². The summed E-state index contributed by atoms with van der Waals surface area (Å²) in [5.74, 6) is -0.988. The van der Waals surface area contributed by atoms with Gasteiger partial charge in [-0.1, -0.05) is 185 Å². The molecule has 0 N–H and O–H groups in total. The highest BCUT2D eigenvalue weighted by Crippen LogP contribution is 2.14. The summed E-state index contributed by atoms with van der Waals surface area (Å²) in [4.78, 5) is 37.4. The maximum absolute atomic E-state index is 12.6. The summed E-state index contributed by atoms with van der Waals surface area (Å²) in [6, 6.07) is 0. The minimum atomic E-state index is -0.793. The summed E-state index contributed by atoms with van der Waals surface area (Å²) in [5, 5.41) is 0. The highest BCUT2D eigenvalue weighted by molar-refractivity contribution is 5.71. The molecule has 6 heteroatoms. The summed E-state index contributed by atoms with van der Waals surface area (Å²) in [6.45, 7) is 6.39. The third-order valence-electron chi connectivity index (χ3n) is 8.86. The van der Waals surface area contributed by atoms with Gasteiger partial charge in [0.05, 0.1) is 0 Å². The van der Waals surface area contributed by atoms with Crippen molar-refractivity contribution in [1.29, 1.82) is 0 Å². The number of hydrogen-bond acceptors (Lipinski definition) is 6. The van der Waals surface area contributed by atoms with Gasteiger partial charge in [-0.3, -0.25) is 14.4 Å². The van der Waals surface area contributed by atoms with E-state index >= 15 is 0 Å². The zero-order valence-corrected chi connectivity index (χ0v) is 33.4. The van der Waals surface area contributed by atoms with E-state index in [-0.39, 0.29) is 37.5 Å². The second-order valence-corrected chi connectivity index (χ2v) is 13.9. The van der Waals surface area contributed by atoms with Gasteiger partial charge in [0.1, 0.15) is 13.2 Å². The first-order chi connectivity index (χ1) is 25.0. The van der Waals surface area contributed by atoms with Gasteiger partial charge < -0.3 is 14.2 Å². The van der Waals surface area contributed by atoms with Gasteiger partial charge in [-0.2, -0.15) is 0 Å². The van der Waals surface area contributed by atoms with Crippen LogP contribution in [0.3, 0.4) is 0 Å². The molecule has 0 aliphatic rings. The molecular formula is C45H78O6. The van der Waals surface area contributed by atoms with E-state index in [0.29, 0.717) is 19.3 Å². The van der Waals surface area contributed by atoms with Crippen molar-refractivity contribution in [3.8, 4) is 0 Å². The van der Waals surface area contributed by atoms with E-state index in [1.54, 1.807) is 0 Å². The van der Waals surface area contributed by atoms with Crippen LogP contribution in [-0.4, -0.2) is 37.2 Å². The molecule has 0 aliphatic carbocycles. The highest BCUT2D eigenvalue weighted by Gasteiger charge is 2.19. The third-order valence-corrected chi connectivity index (χ3v) is 8.86. The van der Waals surface area contributed by atoms with Crippen molar-refractivity contribution in [1.82, 2.24) is 0 Å². The van der Waals surface area contributed by atoms with Gasteiger partial charge in [-0.05, 0) is 44.9 Å². The number of esters is 3. The molecule has 1 atom stereocenters. The quantitative estimate of drug-likeness (QED) is 0.0276. The lowest BCUT2D eigenvalue weighted by Gasteiger charge is -2.18. The molecule has 0 heterocycles. The summed E-state index contributed by atoms with van der Waals surface area (Å²) >= 11 is 0. The normalized spacial score (nSPS) is 12.5. The Bertz CT molecular complexity index is 918. The number of hydrogen-bond donors (Lipinski definition) is 0. The first kappa shape index (κ1) is 48.4. The molecule has 0 bridgehead atoms. The number of allylic oxidation sites excluding steroid dienone is 8. The van der Waals surface area contributed by atoms with Crippen molar-refractivity contribution in [2.75, 3.05) is 13.2 Å². The number of rotatable bonds is 37. The molecule has 0 aromatic heterocycles. The maximum Gasteiger partial charge on any atom is 0.306 e. The average Bonchev–Trinajstić information content (AvgIpc) is 3.12. The summed E-state index contributed by atoms with van der Waals surface area (Å²) in [6.07, 6.45) is 45.4. The minimum absolute atomic E-state index is 0.0934. The topological polar surface area (TPSA) is 78.9 Å². The zero-order valence-electron chi connectivity index (χ0n) is 33.4. The Balaban J connectivity index is 4.43. The molecule has 294 valence electrons. The van der Waals surface area contributed by atoms with Crippen LogP contribution < -0.4 is 0 Å². The Morgan fingerprint density at radius 3 is 1.20 bits per heavy atom. The molecular weight excluding hydrogens is 636 g/mol. The van der Waals surface area contributed by atoms with Crippen LogP contribution in [0.4, 0.5) is 0 Å². The lowest BCUT2D eigenvalue weighted by atomic mass is 10.0. The van der Waals surface area contributed by atoms with Gasteiger partial charge in [-0.25, -0.2) is 0 Å². The molecule has 0 amide bonds. The van der Waals surface area contributed by atoms with Gasteiger partial charge in [0.2, 0.25) is 0 Å². The van der Waals surface area contributed by atoms with Crippen molar-refractivity contribution in [2.45, 2.75) is 207 Å². The van der Waals surface area contributed by atoms with Gasteiger partial charge in [0, 0.05) is 19.3 Å². The van der Waals surface area contributed by atoms with E-state index in [2.05, 4.69) is 57.2 Å². The van der Waals surface area contributed by atoms with Crippen molar-refractivity contribution in [3.63, 3.8) is 0 Å². The fourth-order valence-electron chi connectivity index (χ4n) is 5.69. The van der Waals surface area contributed by atoms with E-state index in [4.69, 9.17) is 14.2 Å². The molecule has 0 saturated carbocycles. The van der Waals surface area contributed by atoms with E-state index in [1.807, 2.05) is 12.2 Å². The molecule has 0 aliphatic heterocycles. The second-order valence-electron chi connectivity index (χ2n) is 13.9. The van der Waals surface area contributed by atoms with E-state index in [1.165, 1.54) is 89.9 Å². The Hall–Kier alpha value is -2.63. The number of carbonyl (C=O) groups is 3. The fraction of sp³-hybridized carbons (Fsp3) is 0.756. The van der Waals surface area contributed by atoms with Crippen LogP contribution in [0.1, 0.15) is 201 Å². The van der Waals surface area contributed by atoms with E-state index in [9.17, 15) is 14.4 Å². The predicted molar refractivity (Wildman–Crippen MR) is 215 cm³/mol. The smallest absolute Gasteiger partial charge is 0.306 e. The van der Waals surface area contributed by atoms with Crippen LogP contribution in [-0.2, 0) is 28.6 Å². The number of ether oxygens (including phenoxy) is 3. The summed E-state index contributed by atoms with van der Waals surface area (Å²) in [7, 11) is 0. The molecule has 51 heavy (non-hydrogen) atoms. The molecule has 0 spiro atoms. The van der Waals surface area contributed by atoms with Crippen LogP contribution in [0.25, 0.3) is 0 Å². The summed E-state index contributed by atoms with van der Waals surface area (Å²) in [5.41, 5.74) is 0. The Morgan fingerprint density at radius 1 is 0.412 bits per heavy atom. The lowest BCUT2D eigenvalue weighted by molar-refractivity contribution is -0.166. The predicted octanol–water partition coefficient (Wildman–Crippen LogP) is 13.2. The van der Waals surface area contributed by atoms with Crippen molar-refractivity contribution >= 4 is 17.9 Å². The summed E-state index contributed by atoms with van der Waals surface area (Å²) < 4.78 is 16.5. The molecule has 6 nitrogen and oxygen atoms in total. The molecule has 1 unspecified atom stereocenters. The Kier molecular flexibility index (Phi) is 38.1. The van der Waals surface area contributed by atoms with E-state index < -0.39 is 6.10 Å². The minimum Gasteiger partial charge on any atom is -0.462 e. The molecule has 0 saturated heterocycles. The van der Waals surface area contributed by atoms with Crippen molar-refractivity contribution in [2.24, 2.45) is 0 Å². The largest absolute Gasteiger partial charge is 0.462 e. The highest BCUT2D eigenvalue weighted by atomic mass is 16.6.